The second-order valence-corrected chi connectivity index (χ2v) is 8.33. The van der Waals surface area contributed by atoms with Crippen molar-refractivity contribution in [2.45, 2.75) is 71.6 Å². The summed E-state index contributed by atoms with van der Waals surface area (Å²) in [7, 11) is 0. The zero-order valence-corrected chi connectivity index (χ0v) is 15.9. The van der Waals surface area contributed by atoms with Gasteiger partial charge in [0.1, 0.15) is 11.2 Å². The minimum atomic E-state index is -0.980. The normalized spacial score (nSPS) is 21.4. The molecule has 2 amide bonds. The number of nitrogens with zero attached hydrogens (tertiary/aromatic N) is 1. The second-order valence-electron chi connectivity index (χ2n) is 8.33. The average molecular weight is 358 g/mol. The highest BCUT2D eigenvalue weighted by molar-refractivity contribution is 5.71. The quantitative estimate of drug-likeness (QED) is 0.803. The van der Waals surface area contributed by atoms with Gasteiger partial charge in [0.25, 0.3) is 0 Å². The highest BCUT2D eigenvalue weighted by Crippen LogP contribution is 2.23. The molecule has 0 aromatic carbocycles. The van der Waals surface area contributed by atoms with Crippen molar-refractivity contribution >= 4 is 18.2 Å². The number of nitrogens with one attached hydrogen (secondary N) is 1. The van der Waals surface area contributed by atoms with Crippen LogP contribution in [0.3, 0.4) is 0 Å². The van der Waals surface area contributed by atoms with E-state index < -0.39 is 35.3 Å². The van der Waals surface area contributed by atoms with Gasteiger partial charge in [-0.25, -0.2) is 9.59 Å². The number of carboxylic acid groups (broad SMARTS) is 1. The van der Waals surface area contributed by atoms with Gasteiger partial charge >= 0.3 is 18.2 Å². The van der Waals surface area contributed by atoms with Gasteiger partial charge < -0.3 is 24.8 Å². The number of carbonyl (C=O) groups is 3. The van der Waals surface area contributed by atoms with Gasteiger partial charge in [-0.3, -0.25) is 4.79 Å². The van der Waals surface area contributed by atoms with Crippen molar-refractivity contribution < 1.29 is 29.0 Å². The number of carbonyl (C=O) groups excluding carboxylic acids is 2. The Kier molecular flexibility index (Phi) is 6.68. The lowest BCUT2D eigenvalue weighted by atomic mass is 9.89. The van der Waals surface area contributed by atoms with Gasteiger partial charge in [0, 0.05) is 25.0 Å². The second kappa shape index (κ2) is 7.93. The first-order valence-electron chi connectivity index (χ1n) is 8.46. The van der Waals surface area contributed by atoms with Gasteiger partial charge in [-0.05, 0) is 48.0 Å². The Morgan fingerprint density at radius 1 is 1.08 bits per heavy atom. The van der Waals surface area contributed by atoms with Crippen molar-refractivity contribution in [1.29, 1.82) is 0 Å². The minimum Gasteiger partial charge on any atom is -0.481 e. The molecule has 0 aromatic rings. The van der Waals surface area contributed by atoms with Gasteiger partial charge in [0.15, 0.2) is 0 Å². The van der Waals surface area contributed by atoms with Crippen molar-refractivity contribution in [1.82, 2.24) is 10.2 Å². The Bertz CT molecular complexity index is 506. The van der Waals surface area contributed by atoms with Crippen molar-refractivity contribution in [3.63, 3.8) is 0 Å². The lowest BCUT2D eigenvalue weighted by molar-refractivity contribution is -0.138. The molecule has 144 valence electrons. The molecule has 1 aliphatic heterocycles. The number of rotatable bonds is 3. The Morgan fingerprint density at radius 2 is 1.64 bits per heavy atom. The van der Waals surface area contributed by atoms with Crippen LogP contribution in [0.25, 0.3) is 0 Å². The third kappa shape index (κ3) is 8.09. The smallest absolute Gasteiger partial charge is 0.410 e. The largest absolute Gasteiger partial charge is 0.481 e. The molecule has 1 saturated heterocycles. The molecule has 0 spiro atoms. The van der Waals surface area contributed by atoms with Crippen LogP contribution < -0.4 is 5.32 Å². The molecule has 0 aromatic heterocycles. The van der Waals surface area contributed by atoms with E-state index in [2.05, 4.69) is 5.32 Å². The summed E-state index contributed by atoms with van der Waals surface area (Å²) in [5, 5.41) is 11.9. The van der Waals surface area contributed by atoms with Crippen LogP contribution in [0, 0.1) is 5.92 Å². The van der Waals surface area contributed by atoms with E-state index in [0.29, 0.717) is 13.0 Å². The summed E-state index contributed by atoms with van der Waals surface area (Å²) < 4.78 is 10.6. The molecular formula is C17H30N2O6. The molecule has 0 bridgehead atoms. The van der Waals surface area contributed by atoms with E-state index >= 15 is 0 Å². The van der Waals surface area contributed by atoms with Crippen LogP contribution in [0.15, 0.2) is 0 Å². The maximum Gasteiger partial charge on any atom is 0.410 e. The summed E-state index contributed by atoms with van der Waals surface area (Å²) in [4.78, 5) is 36.8. The number of hydrogen-bond donors (Lipinski definition) is 2. The first-order valence-corrected chi connectivity index (χ1v) is 8.46. The molecule has 8 nitrogen and oxygen atoms in total. The zero-order chi connectivity index (χ0) is 19.4. The number of likely N-dealkylation sites (tertiary alicyclic amines) is 1. The fourth-order valence-corrected chi connectivity index (χ4v) is 2.60. The third-order valence-corrected chi connectivity index (χ3v) is 3.52. The molecule has 8 heteroatoms. The van der Waals surface area contributed by atoms with E-state index in [9.17, 15) is 14.4 Å². The Labute approximate surface area is 148 Å². The fraction of sp³-hybridized carbons (Fsp3) is 0.824. The number of ether oxygens (including phenoxy) is 2. The molecule has 1 fully saturated rings. The summed E-state index contributed by atoms with van der Waals surface area (Å²) >= 11 is 0. The van der Waals surface area contributed by atoms with Gasteiger partial charge in [-0.2, -0.15) is 0 Å². The molecule has 2 N–H and O–H groups in total. The van der Waals surface area contributed by atoms with Crippen LogP contribution >= 0.6 is 0 Å². The summed E-state index contributed by atoms with van der Waals surface area (Å²) in [5.41, 5.74) is -1.26. The fourth-order valence-electron chi connectivity index (χ4n) is 2.60. The number of alkyl carbamates (subject to hydrolysis) is 1. The van der Waals surface area contributed by atoms with Crippen LogP contribution in [0.1, 0.15) is 54.4 Å². The highest BCUT2D eigenvalue weighted by Gasteiger charge is 2.36. The van der Waals surface area contributed by atoms with Crippen molar-refractivity contribution in [3.05, 3.63) is 0 Å². The monoisotopic (exact) mass is 358 g/mol. The van der Waals surface area contributed by atoms with E-state index in [1.54, 1.807) is 41.5 Å². The van der Waals surface area contributed by atoms with Crippen LogP contribution in [0.4, 0.5) is 9.59 Å². The maximum atomic E-state index is 12.2. The van der Waals surface area contributed by atoms with Crippen LogP contribution in [0.5, 0.6) is 0 Å². The van der Waals surface area contributed by atoms with Gasteiger partial charge in [-0.15, -0.1) is 0 Å². The molecule has 0 unspecified atom stereocenters. The van der Waals surface area contributed by atoms with E-state index in [-0.39, 0.29) is 19.0 Å². The van der Waals surface area contributed by atoms with Gasteiger partial charge in [0.05, 0.1) is 6.42 Å². The summed E-state index contributed by atoms with van der Waals surface area (Å²) in [6.45, 7) is 11.2. The number of carboxylic acids is 1. The molecule has 25 heavy (non-hydrogen) atoms. The molecule has 0 radical (unpaired) electrons. The molecule has 1 rings (SSSR count). The van der Waals surface area contributed by atoms with Crippen molar-refractivity contribution in [2.24, 2.45) is 5.92 Å². The van der Waals surface area contributed by atoms with Gasteiger partial charge in [0.2, 0.25) is 0 Å². The van der Waals surface area contributed by atoms with Crippen LogP contribution in [-0.2, 0) is 14.3 Å². The molecule has 1 aliphatic rings. The highest BCUT2D eigenvalue weighted by atomic mass is 16.6. The SMILES string of the molecule is CC(C)(C)OC(=O)N[C@@H]1CCN(C(=O)OC(C)(C)C)C[C@H]1CC(=O)O. The average Bonchev–Trinajstić information content (AvgIpc) is 2.35. The Hall–Kier alpha value is -1.99. The molecule has 0 saturated carbocycles. The molecule has 1 heterocycles. The Balaban J connectivity index is 2.74. The van der Waals surface area contributed by atoms with E-state index in [1.165, 1.54) is 4.90 Å². The summed E-state index contributed by atoms with van der Waals surface area (Å²) in [6.07, 6.45) is -0.770. The maximum absolute atomic E-state index is 12.2. The molecule has 2 atom stereocenters. The number of amides is 2. The Morgan fingerprint density at radius 3 is 2.12 bits per heavy atom. The summed E-state index contributed by atoms with van der Waals surface area (Å²) in [6, 6.07) is -0.371. The molecular weight excluding hydrogens is 328 g/mol. The third-order valence-electron chi connectivity index (χ3n) is 3.52. The van der Waals surface area contributed by atoms with E-state index in [1.807, 2.05) is 0 Å². The van der Waals surface area contributed by atoms with Crippen molar-refractivity contribution in [3.8, 4) is 0 Å². The number of hydrogen-bond acceptors (Lipinski definition) is 5. The van der Waals surface area contributed by atoms with Crippen molar-refractivity contribution in [2.75, 3.05) is 13.1 Å². The zero-order valence-electron chi connectivity index (χ0n) is 15.9. The predicted molar refractivity (Wildman–Crippen MR) is 91.3 cm³/mol. The minimum absolute atomic E-state index is 0.153. The lowest BCUT2D eigenvalue weighted by Crippen LogP contribution is -2.54. The lowest BCUT2D eigenvalue weighted by Gasteiger charge is -2.38. The van der Waals surface area contributed by atoms with Gasteiger partial charge in [-0.1, -0.05) is 0 Å². The molecule has 0 aliphatic carbocycles. The number of piperidine rings is 1. The first kappa shape index (κ1) is 21.1. The topological polar surface area (TPSA) is 105 Å². The number of aliphatic carboxylic acids is 1. The van der Waals surface area contributed by atoms with Crippen LogP contribution in [-0.4, -0.2) is 58.5 Å². The van der Waals surface area contributed by atoms with E-state index in [0.717, 1.165) is 0 Å². The predicted octanol–water partition coefficient (Wildman–Crippen LogP) is 2.61. The van der Waals surface area contributed by atoms with E-state index in [4.69, 9.17) is 14.6 Å². The first-order chi connectivity index (χ1) is 11.3. The summed E-state index contributed by atoms with van der Waals surface area (Å²) in [5.74, 6) is -1.39. The standard InChI is InChI=1S/C17H30N2O6/c1-16(2,3)24-14(22)18-12-7-8-19(10-11(12)9-13(20)21)15(23)25-17(4,5)6/h11-12H,7-10H2,1-6H3,(H,18,22)(H,20,21)/t11-,12-/m1/s1. The van der Waals surface area contributed by atoms with Crippen LogP contribution in [0.2, 0.25) is 0 Å².